The zero-order chi connectivity index (χ0) is 15.1. The average molecular weight is 295 g/mol. The number of nitrogens with zero attached hydrogens (tertiary/aromatic N) is 2. The third kappa shape index (κ3) is 4.30. The number of aliphatic hydroxyl groups excluding tert-OH is 1. The lowest BCUT2D eigenvalue weighted by Gasteiger charge is -2.18. The van der Waals surface area contributed by atoms with E-state index in [1.54, 1.807) is 0 Å². The maximum atomic E-state index is 12.0. The Bertz CT molecular complexity index is 505. The summed E-state index contributed by atoms with van der Waals surface area (Å²) in [4.78, 5) is 15.0. The lowest BCUT2D eigenvalue weighted by molar-refractivity contribution is -0.117. The molecule has 0 fully saturated rings. The highest BCUT2D eigenvalue weighted by molar-refractivity contribution is 7.16. The molecule has 1 amide bonds. The van der Waals surface area contributed by atoms with Gasteiger partial charge in [0, 0.05) is 18.0 Å². The Hall–Kier alpha value is -1.42. The minimum Gasteiger partial charge on any atom is -0.396 e. The van der Waals surface area contributed by atoms with Gasteiger partial charge in [-0.15, -0.1) is 11.3 Å². The minimum absolute atomic E-state index is 0.123. The van der Waals surface area contributed by atoms with Gasteiger partial charge in [-0.25, -0.2) is 0 Å². The molecular formula is C14H21N3O2S. The molecule has 0 saturated heterocycles. The number of aliphatic hydroxyl groups is 1. The molecule has 0 radical (unpaired) electrons. The van der Waals surface area contributed by atoms with Crippen molar-refractivity contribution in [2.75, 3.05) is 31.6 Å². The first-order valence-corrected chi connectivity index (χ1v) is 7.48. The first-order chi connectivity index (χ1) is 9.53. The second kappa shape index (κ2) is 8.00. The molecule has 0 aliphatic carbocycles. The number of hydrogen-bond acceptors (Lipinski definition) is 5. The number of rotatable bonds is 7. The highest BCUT2D eigenvalue weighted by atomic mass is 32.1. The molecule has 1 aromatic heterocycles. The van der Waals surface area contributed by atoms with Crippen LogP contribution in [-0.4, -0.2) is 42.2 Å². The summed E-state index contributed by atoms with van der Waals surface area (Å²) in [6, 6.07) is 2.14. The van der Waals surface area contributed by atoms with Crippen molar-refractivity contribution in [2.45, 2.75) is 27.2 Å². The lowest BCUT2D eigenvalue weighted by atomic mass is 10.2. The van der Waals surface area contributed by atoms with Crippen molar-refractivity contribution in [1.82, 2.24) is 4.90 Å². The Balaban J connectivity index is 2.67. The quantitative estimate of drug-likeness (QED) is 0.805. The van der Waals surface area contributed by atoms with Gasteiger partial charge >= 0.3 is 0 Å². The lowest BCUT2D eigenvalue weighted by Crippen LogP contribution is -2.34. The number of thiophene rings is 1. The van der Waals surface area contributed by atoms with E-state index >= 15 is 0 Å². The van der Waals surface area contributed by atoms with Crippen molar-refractivity contribution in [3.63, 3.8) is 0 Å². The number of amides is 1. The number of nitriles is 1. The first kappa shape index (κ1) is 16.6. The van der Waals surface area contributed by atoms with E-state index in [1.807, 2.05) is 25.7 Å². The Labute approximate surface area is 123 Å². The monoisotopic (exact) mass is 295 g/mol. The molecule has 110 valence electrons. The zero-order valence-electron chi connectivity index (χ0n) is 12.2. The van der Waals surface area contributed by atoms with E-state index in [0.29, 0.717) is 23.5 Å². The number of anilines is 1. The molecule has 20 heavy (non-hydrogen) atoms. The van der Waals surface area contributed by atoms with Gasteiger partial charge in [0.05, 0.1) is 12.1 Å². The van der Waals surface area contributed by atoms with E-state index in [9.17, 15) is 4.79 Å². The van der Waals surface area contributed by atoms with Crippen LogP contribution in [0.2, 0.25) is 0 Å². The normalized spacial score (nSPS) is 10.6. The van der Waals surface area contributed by atoms with Crippen LogP contribution in [0.3, 0.4) is 0 Å². The zero-order valence-corrected chi connectivity index (χ0v) is 13.0. The molecule has 0 atom stereocenters. The van der Waals surface area contributed by atoms with Crippen molar-refractivity contribution >= 4 is 22.2 Å². The molecule has 5 nitrogen and oxygen atoms in total. The topological polar surface area (TPSA) is 76.4 Å². The van der Waals surface area contributed by atoms with Crippen LogP contribution >= 0.6 is 11.3 Å². The van der Waals surface area contributed by atoms with Crippen molar-refractivity contribution in [3.8, 4) is 6.07 Å². The molecule has 1 heterocycles. The largest absolute Gasteiger partial charge is 0.396 e. The van der Waals surface area contributed by atoms with Gasteiger partial charge in [0.25, 0.3) is 0 Å². The Morgan fingerprint density at radius 3 is 2.75 bits per heavy atom. The molecule has 1 rings (SSSR count). The maximum absolute atomic E-state index is 12.0. The van der Waals surface area contributed by atoms with Crippen molar-refractivity contribution in [3.05, 3.63) is 16.0 Å². The highest BCUT2D eigenvalue weighted by Gasteiger charge is 2.15. The minimum atomic E-state index is -0.123. The van der Waals surface area contributed by atoms with Crippen LogP contribution < -0.4 is 5.32 Å². The third-order valence-corrected chi connectivity index (χ3v) is 4.32. The van der Waals surface area contributed by atoms with Crippen LogP contribution in [0, 0.1) is 25.2 Å². The van der Waals surface area contributed by atoms with Crippen molar-refractivity contribution in [2.24, 2.45) is 0 Å². The average Bonchev–Trinajstić information content (AvgIpc) is 2.69. The predicted molar refractivity (Wildman–Crippen MR) is 81.0 cm³/mol. The van der Waals surface area contributed by atoms with Gasteiger partial charge < -0.3 is 10.4 Å². The van der Waals surface area contributed by atoms with Gasteiger partial charge in [-0.3, -0.25) is 9.69 Å². The van der Waals surface area contributed by atoms with Crippen LogP contribution in [0.4, 0.5) is 5.00 Å². The van der Waals surface area contributed by atoms with Crippen LogP contribution in [0.15, 0.2) is 0 Å². The summed E-state index contributed by atoms with van der Waals surface area (Å²) in [5.74, 6) is -0.123. The highest BCUT2D eigenvalue weighted by Crippen LogP contribution is 2.31. The van der Waals surface area contributed by atoms with Crippen LogP contribution in [-0.2, 0) is 4.79 Å². The summed E-state index contributed by atoms with van der Waals surface area (Å²) in [6.07, 6.45) is 0.655. The second-order valence-corrected chi connectivity index (χ2v) is 5.82. The number of aryl methyl sites for hydroxylation is 1. The number of carbonyl (C=O) groups excluding carboxylic acids is 1. The predicted octanol–water partition coefficient (Wildman–Crippen LogP) is 1.88. The molecule has 0 aliphatic heterocycles. The number of nitrogens with one attached hydrogen (secondary N) is 1. The van der Waals surface area contributed by atoms with Crippen LogP contribution in [0.5, 0.6) is 0 Å². The SMILES string of the molecule is CCN(CCCO)CC(=O)Nc1sc(C)c(C)c1C#N. The third-order valence-electron chi connectivity index (χ3n) is 3.20. The summed E-state index contributed by atoms with van der Waals surface area (Å²) in [5, 5.41) is 21.4. The van der Waals surface area contributed by atoms with Gasteiger partial charge in [-0.05, 0) is 32.4 Å². The van der Waals surface area contributed by atoms with Gasteiger partial charge in [0.1, 0.15) is 11.1 Å². The molecular weight excluding hydrogens is 274 g/mol. The molecule has 2 N–H and O–H groups in total. The fourth-order valence-corrected chi connectivity index (χ4v) is 2.89. The number of carbonyl (C=O) groups is 1. The summed E-state index contributed by atoms with van der Waals surface area (Å²) >= 11 is 1.43. The van der Waals surface area contributed by atoms with Crippen molar-refractivity contribution < 1.29 is 9.90 Å². The second-order valence-electron chi connectivity index (χ2n) is 4.59. The van der Waals surface area contributed by atoms with E-state index < -0.39 is 0 Å². The van der Waals surface area contributed by atoms with E-state index in [0.717, 1.165) is 17.0 Å². The molecule has 0 aromatic carbocycles. The Kier molecular flexibility index (Phi) is 6.65. The van der Waals surface area contributed by atoms with Crippen molar-refractivity contribution in [1.29, 1.82) is 5.26 Å². The van der Waals surface area contributed by atoms with Gasteiger partial charge in [0.2, 0.25) is 5.91 Å². The summed E-state index contributed by atoms with van der Waals surface area (Å²) in [7, 11) is 0. The molecule has 0 spiro atoms. The smallest absolute Gasteiger partial charge is 0.239 e. The Morgan fingerprint density at radius 2 is 2.20 bits per heavy atom. The van der Waals surface area contributed by atoms with E-state index in [1.165, 1.54) is 11.3 Å². The molecule has 0 aliphatic rings. The summed E-state index contributed by atoms with van der Waals surface area (Å²) in [5.41, 5.74) is 1.49. The van der Waals surface area contributed by atoms with E-state index in [2.05, 4.69) is 11.4 Å². The molecule has 1 aromatic rings. The molecule has 6 heteroatoms. The fourth-order valence-electron chi connectivity index (χ4n) is 1.86. The first-order valence-electron chi connectivity index (χ1n) is 6.66. The maximum Gasteiger partial charge on any atom is 0.239 e. The van der Waals surface area contributed by atoms with Crippen LogP contribution in [0.1, 0.15) is 29.3 Å². The van der Waals surface area contributed by atoms with E-state index in [4.69, 9.17) is 10.4 Å². The van der Waals surface area contributed by atoms with Gasteiger partial charge in [0.15, 0.2) is 0 Å². The van der Waals surface area contributed by atoms with E-state index in [-0.39, 0.29) is 19.1 Å². The van der Waals surface area contributed by atoms with Gasteiger partial charge in [-0.1, -0.05) is 6.92 Å². The number of likely N-dealkylation sites (N-methyl/N-ethyl adjacent to an activating group) is 1. The fraction of sp³-hybridized carbons (Fsp3) is 0.571. The molecule has 0 bridgehead atoms. The summed E-state index contributed by atoms with van der Waals surface area (Å²) < 4.78 is 0. The molecule has 0 saturated carbocycles. The molecule has 0 unspecified atom stereocenters. The number of hydrogen-bond donors (Lipinski definition) is 2. The van der Waals surface area contributed by atoms with Crippen LogP contribution in [0.25, 0.3) is 0 Å². The Morgan fingerprint density at radius 1 is 1.50 bits per heavy atom. The standard InChI is InChI=1S/C14H21N3O2S/c1-4-17(6-5-7-18)9-13(19)16-14-12(8-15)10(2)11(3)20-14/h18H,4-7,9H2,1-3H3,(H,16,19). The summed E-state index contributed by atoms with van der Waals surface area (Å²) in [6.45, 7) is 7.65. The van der Waals surface area contributed by atoms with Gasteiger partial charge in [-0.2, -0.15) is 5.26 Å².